The van der Waals surface area contributed by atoms with Gasteiger partial charge in [0, 0.05) is 12.8 Å². The standard InChI is InChI=1S/C16H18O6/c1-3-5-13(17)21-15(19)11-7-9-12(10-8-11)16(20)22-14(18)6-4-2/h7-10H,3-6H2,1-2H3. The lowest BCUT2D eigenvalue weighted by molar-refractivity contribution is -0.139. The van der Waals surface area contributed by atoms with Crippen LogP contribution in [0, 0.1) is 0 Å². The molecule has 1 aromatic rings. The molecule has 6 heteroatoms. The van der Waals surface area contributed by atoms with E-state index in [1.54, 1.807) is 13.8 Å². The van der Waals surface area contributed by atoms with E-state index >= 15 is 0 Å². The Kier molecular flexibility index (Phi) is 6.95. The number of carbonyl (C=O) groups excluding carboxylic acids is 4. The smallest absolute Gasteiger partial charge is 0.345 e. The quantitative estimate of drug-likeness (QED) is 0.593. The van der Waals surface area contributed by atoms with Gasteiger partial charge in [-0.2, -0.15) is 0 Å². The minimum absolute atomic E-state index is 0.140. The number of carbonyl (C=O) groups is 4. The van der Waals surface area contributed by atoms with Crippen LogP contribution >= 0.6 is 0 Å². The molecular formula is C16H18O6. The Labute approximate surface area is 128 Å². The van der Waals surface area contributed by atoms with E-state index < -0.39 is 23.9 Å². The van der Waals surface area contributed by atoms with Crippen LogP contribution in [0.3, 0.4) is 0 Å². The van der Waals surface area contributed by atoms with Crippen LogP contribution < -0.4 is 0 Å². The molecule has 0 atom stereocenters. The molecule has 0 unspecified atom stereocenters. The van der Waals surface area contributed by atoms with Gasteiger partial charge in [-0.3, -0.25) is 9.59 Å². The predicted octanol–water partition coefficient (Wildman–Crippen LogP) is 2.65. The van der Waals surface area contributed by atoms with Crippen molar-refractivity contribution in [2.75, 3.05) is 0 Å². The second-order valence-electron chi connectivity index (χ2n) is 4.60. The average Bonchev–Trinajstić information content (AvgIpc) is 2.47. The van der Waals surface area contributed by atoms with Crippen LogP contribution in [0.5, 0.6) is 0 Å². The van der Waals surface area contributed by atoms with Crippen LogP contribution in [-0.2, 0) is 19.1 Å². The van der Waals surface area contributed by atoms with Gasteiger partial charge < -0.3 is 9.47 Å². The Balaban J connectivity index is 2.66. The van der Waals surface area contributed by atoms with Gasteiger partial charge in [0.1, 0.15) is 0 Å². The van der Waals surface area contributed by atoms with E-state index in [1.165, 1.54) is 24.3 Å². The number of esters is 4. The summed E-state index contributed by atoms with van der Waals surface area (Å²) >= 11 is 0. The highest BCUT2D eigenvalue weighted by atomic mass is 16.6. The molecule has 0 heterocycles. The molecule has 0 saturated heterocycles. The molecule has 0 spiro atoms. The van der Waals surface area contributed by atoms with E-state index in [-0.39, 0.29) is 24.0 Å². The Hall–Kier alpha value is -2.50. The van der Waals surface area contributed by atoms with Gasteiger partial charge in [0.2, 0.25) is 0 Å². The molecule has 0 N–H and O–H groups in total. The van der Waals surface area contributed by atoms with Gasteiger partial charge in [0.15, 0.2) is 0 Å². The van der Waals surface area contributed by atoms with Crippen LogP contribution in [0.4, 0.5) is 0 Å². The Morgan fingerprint density at radius 2 is 1.05 bits per heavy atom. The lowest BCUT2D eigenvalue weighted by atomic mass is 10.1. The van der Waals surface area contributed by atoms with Crippen molar-refractivity contribution >= 4 is 23.9 Å². The fourth-order valence-electron chi connectivity index (χ4n) is 1.58. The topological polar surface area (TPSA) is 86.7 Å². The molecule has 0 radical (unpaired) electrons. The summed E-state index contributed by atoms with van der Waals surface area (Å²) in [7, 11) is 0. The highest BCUT2D eigenvalue weighted by molar-refractivity contribution is 5.99. The third-order valence-corrected chi connectivity index (χ3v) is 2.68. The summed E-state index contributed by atoms with van der Waals surface area (Å²) in [5, 5.41) is 0. The van der Waals surface area contributed by atoms with Gasteiger partial charge in [-0.25, -0.2) is 9.59 Å². The molecule has 0 aromatic heterocycles. The van der Waals surface area contributed by atoms with Crippen LogP contribution in [0.15, 0.2) is 24.3 Å². The summed E-state index contributed by atoms with van der Waals surface area (Å²) in [5.74, 6) is -2.75. The summed E-state index contributed by atoms with van der Waals surface area (Å²) in [5.41, 5.74) is 0.279. The second kappa shape index (κ2) is 8.71. The predicted molar refractivity (Wildman–Crippen MR) is 77.1 cm³/mol. The second-order valence-corrected chi connectivity index (χ2v) is 4.60. The van der Waals surface area contributed by atoms with Gasteiger partial charge in [-0.1, -0.05) is 13.8 Å². The van der Waals surface area contributed by atoms with Crippen LogP contribution in [0.25, 0.3) is 0 Å². The minimum Gasteiger partial charge on any atom is -0.389 e. The molecule has 0 saturated carbocycles. The van der Waals surface area contributed by atoms with E-state index in [0.29, 0.717) is 12.8 Å². The van der Waals surface area contributed by atoms with Crippen molar-refractivity contribution in [2.45, 2.75) is 39.5 Å². The first-order valence-corrected chi connectivity index (χ1v) is 7.08. The Morgan fingerprint density at radius 3 is 1.32 bits per heavy atom. The largest absolute Gasteiger partial charge is 0.389 e. The molecule has 22 heavy (non-hydrogen) atoms. The van der Waals surface area contributed by atoms with Gasteiger partial charge in [0.05, 0.1) is 11.1 Å². The van der Waals surface area contributed by atoms with Crippen molar-refractivity contribution in [3.8, 4) is 0 Å². The third kappa shape index (κ3) is 5.47. The van der Waals surface area contributed by atoms with E-state index in [1.807, 2.05) is 0 Å². The number of hydrogen-bond acceptors (Lipinski definition) is 6. The van der Waals surface area contributed by atoms with Crippen molar-refractivity contribution in [2.24, 2.45) is 0 Å². The zero-order valence-electron chi connectivity index (χ0n) is 12.6. The number of benzene rings is 1. The summed E-state index contributed by atoms with van der Waals surface area (Å²) in [6.45, 7) is 3.60. The SMILES string of the molecule is CCCC(=O)OC(=O)c1ccc(C(=O)OC(=O)CCC)cc1. The molecule has 6 nitrogen and oxygen atoms in total. The van der Waals surface area contributed by atoms with Gasteiger partial charge in [-0.05, 0) is 37.1 Å². The molecule has 0 aliphatic heterocycles. The molecule has 1 aromatic carbocycles. The minimum atomic E-state index is -0.777. The van der Waals surface area contributed by atoms with Crippen molar-refractivity contribution in [3.05, 3.63) is 35.4 Å². The molecule has 0 aliphatic carbocycles. The summed E-state index contributed by atoms with van der Waals surface area (Å²) in [6.07, 6.45) is 1.50. The van der Waals surface area contributed by atoms with E-state index in [2.05, 4.69) is 9.47 Å². The van der Waals surface area contributed by atoms with Crippen LogP contribution in [0.1, 0.15) is 60.2 Å². The maximum atomic E-state index is 11.7. The number of hydrogen-bond donors (Lipinski definition) is 0. The van der Waals surface area contributed by atoms with Crippen molar-refractivity contribution in [3.63, 3.8) is 0 Å². The first-order chi connectivity index (χ1) is 10.5. The van der Waals surface area contributed by atoms with Gasteiger partial charge in [-0.15, -0.1) is 0 Å². The van der Waals surface area contributed by atoms with Gasteiger partial charge in [0.25, 0.3) is 0 Å². The number of rotatable bonds is 6. The molecule has 0 amide bonds. The maximum absolute atomic E-state index is 11.7. The normalized spacial score (nSPS) is 9.91. The maximum Gasteiger partial charge on any atom is 0.345 e. The fraction of sp³-hybridized carbons (Fsp3) is 0.375. The average molecular weight is 306 g/mol. The highest BCUT2D eigenvalue weighted by Crippen LogP contribution is 2.09. The molecule has 0 bridgehead atoms. The highest BCUT2D eigenvalue weighted by Gasteiger charge is 2.15. The Bertz CT molecular complexity index is 508. The molecular weight excluding hydrogens is 288 g/mol. The first-order valence-electron chi connectivity index (χ1n) is 7.08. The first kappa shape index (κ1) is 17.6. The van der Waals surface area contributed by atoms with E-state index in [0.717, 1.165) is 0 Å². The van der Waals surface area contributed by atoms with Crippen LogP contribution in [-0.4, -0.2) is 23.9 Å². The zero-order valence-corrected chi connectivity index (χ0v) is 12.6. The van der Waals surface area contributed by atoms with Crippen molar-refractivity contribution < 1.29 is 28.7 Å². The lowest BCUT2D eigenvalue weighted by Crippen LogP contribution is -2.14. The molecule has 0 aliphatic rings. The summed E-state index contributed by atoms with van der Waals surface area (Å²) in [4.78, 5) is 45.8. The molecule has 1 rings (SSSR count). The zero-order chi connectivity index (χ0) is 16.5. The van der Waals surface area contributed by atoms with Crippen molar-refractivity contribution in [1.29, 1.82) is 0 Å². The lowest BCUT2D eigenvalue weighted by Gasteiger charge is -2.04. The van der Waals surface area contributed by atoms with Crippen molar-refractivity contribution in [1.82, 2.24) is 0 Å². The van der Waals surface area contributed by atoms with Gasteiger partial charge >= 0.3 is 23.9 Å². The molecule has 118 valence electrons. The third-order valence-electron chi connectivity index (χ3n) is 2.68. The molecule has 0 fully saturated rings. The summed E-state index contributed by atoms with van der Waals surface area (Å²) < 4.78 is 9.25. The number of ether oxygens (including phenoxy) is 2. The summed E-state index contributed by atoms with van der Waals surface area (Å²) in [6, 6.07) is 5.34. The monoisotopic (exact) mass is 306 g/mol. The van der Waals surface area contributed by atoms with Crippen LogP contribution in [0.2, 0.25) is 0 Å². The Morgan fingerprint density at radius 1 is 0.727 bits per heavy atom. The van der Waals surface area contributed by atoms with E-state index in [9.17, 15) is 19.2 Å². The van der Waals surface area contributed by atoms with E-state index in [4.69, 9.17) is 0 Å². The fourth-order valence-corrected chi connectivity index (χ4v) is 1.58.